The van der Waals surface area contributed by atoms with Crippen LogP contribution in [-0.4, -0.2) is 28.8 Å². The zero-order valence-corrected chi connectivity index (χ0v) is 15.3. The van der Waals surface area contributed by atoms with Crippen LogP contribution in [0.2, 0.25) is 0 Å². The minimum atomic E-state index is -0.565. The molecule has 0 aliphatic rings. The predicted molar refractivity (Wildman–Crippen MR) is 99.9 cm³/mol. The molecular formula is C16H14IN3O5. The van der Waals surface area contributed by atoms with Crippen molar-refractivity contribution in [3.05, 3.63) is 61.2 Å². The fraction of sp³-hybridized carbons (Fsp3) is 0.125. The third-order valence-electron chi connectivity index (χ3n) is 3.04. The lowest BCUT2D eigenvalue weighted by Gasteiger charge is -2.06. The smallest absolute Gasteiger partial charge is 0.311 e. The van der Waals surface area contributed by atoms with Crippen molar-refractivity contribution >= 4 is 40.4 Å². The van der Waals surface area contributed by atoms with Gasteiger partial charge in [-0.2, -0.15) is 5.10 Å². The summed E-state index contributed by atoms with van der Waals surface area (Å²) >= 11 is 1.97. The molecule has 2 N–H and O–H groups in total. The number of phenols is 1. The van der Waals surface area contributed by atoms with Crippen molar-refractivity contribution < 1.29 is 19.6 Å². The maximum atomic E-state index is 11.7. The van der Waals surface area contributed by atoms with Crippen LogP contribution in [0.4, 0.5) is 5.69 Å². The fourth-order valence-corrected chi connectivity index (χ4v) is 2.39. The molecule has 25 heavy (non-hydrogen) atoms. The Morgan fingerprint density at radius 2 is 2.16 bits per heavy atom. The molecule has 0 bridgehead atoms. The van der Waals surface area contributed by atoms with Gasteiger partial charge in [0.05, 0.1) is 14.7 Å². The lowest BCUT2D eigenvalue weighted by Crippen LogP contribution is -2.24. The van der Waals surface area contributed by atoms with Gasteiger partial charge in [0.25, 0.3) is 5.91 Å². The molecule has 130 valence electrons. The Hall–Kier alpha value is -2.69. The van der Waals surface area contributed by atoms with Crippen LogP contribution >= 0.6 is 22.6 Å². The van der Waals surface area contributed by atoms with E-state index in [0.717, 1.165) is 5.56 Å². The van der Waals surface area contributed by atoms with Gasteiger partial charge in [-0.05, 0) is 64.9 Å². The summed E-state index contributed by atoms with van der Waals surface area (Å²) in [6.07, 6.45) is 1.41. The third-order valence-corrected chi connectivity index (χ3v) is 3.91. The van der Waals surface area contributed by atoms with Crippen LogP contribution in [-0.2, 0) is 4.79 Å². The van der Waals surface area contributed by atoms with E-state index in [1.165, 1.54) is 24.4 Å². The first-order valence-corrected chi connectivity index (χ1v) is 8.13. The van der Waals surface area contributed by atoms with Gasteiger partial charge in [0, 0.05) is 6.07 Å². The number of nitrogens with zero attached hydrogens (tertiary/aromatic N) is 2. The number of hydrazone groups is 1. The first-order chi connectivity index (χ1) is 11.9. The highest BCUT2D eigenvalue weighted by Crippen LogP contribution is 2.27. The van der Waals surface area contributed by atoms with Crippen molar-refractivity contribution in [3.63, 3.8) is 0 Å². The summed E-state index contributed by atoms with van der Waals surface area (Å²) in [7, 11) is 0. The van der Waals surface area contributed by atoms with Gasteiger partial charge >= 0.3 is 5.69 Å². The molecule has 0 aliphatic carbocycles. The standard InChI is InChI=1S/C16H14IN3O5/c1-10-2-5-15(13(6-10)20(23)24)25-9-16(22)19-18-8-11-3-4-14(21)12(17)7-11/h2-8,21H,9H2,1H3,(H,19,22)/b18-8+. The van der Waals surface area contributed by atoms with E-state index in [1.807, 2.05) is 22.6 Å². The Kier molecular flexibility index (Phi) is 6.28. The number of benzene rings is 2. The van der Waals surface area contributed by atoms with Gasteiger partial charge in [-0.25, -0.2) is 5.43 Å². The van der Waals surface area contributed by atoms with Crippen molar-refractivity contribution in [2.45, 2.75) is 6.92 Å². The summed E-state index contributed by atoms with van der Waals surface area (Å²) in [5, 5.41) is 24.2. The molecule has 1 amide bonds. The Labute approximate surface area is 156 Å². The highest BCUT2D eigenvalue weighted by atomic mass is 127. The maximum Gasteiger partial charge on any atom is 0.311 e. The van der Waals surface area contributed by atoms with E-state index in [0.29, 0.717) is 9.13 Å². The summed E-state index contributed by atoms with van der Waals surface area (Å²) < 4.78 is 5.85. The zero-order valence-electron chi connectivity index (χ0n) is 13.1. The van der Waals surface area contributed by atoms with E-state index in [1.54, 1.807) is 25.1 Å². The Bertz CT molecular complexity index is 839. The quantitative estimate of drug-likeness (QED) is 0.301. The normalized spacial score (nSPS) is 10.6. The number of phenolic OH excluding ortho intramolecular Hbond substituents is 1. The number of nitrogens with one attached hydrogen (secondary N) is 1. The molecule has 8 nitrogen and oxygen atoms in total. The number of nitro groups is 1. The minimum absolute atomic E-state index is 0.0165. The molecule has 0 unspecified atom stereocenters. The Balaban J connectivity index is 1.92. The van der Waals surface area contributed by atoms with Gasteiger partial charge in [0.15, 0.2) is 12.4 Å². The summed E-state index contributed by atoms with van der Waals surface area (Å²) in [5.41, 5.74) is 3.48. The summed E-state index contributed by atoms with van der Waals surface area (Å²) in [5.74, 6) is -0.378. The van der Waals surface area contributed by atoms with Gasteiger partial charge in [-0.15, -0.1) is 0 Å². The van der Waals surface area contributed by atoms with E-state index >= 15 is 0 Å². The van der Waals surface area contributed by atoms with Crippen molar-refractivity contribution in [2.75, 3.05) is 6.61 Å². The molecule has 0 heterocycles. The maximum absolute atomic E-state index is 11.7. The number of aromatic hydroxyl groups is 1. The molecule has 0 saturated heterocycles. The van der Waals surface area contributed by atoms with Gasteiger partial charge < -0.3 is 9.84 Å². The van der Waals surface area contributed by atoms with Crippen LogP contribution in [0.25, 0.3) is 0 Å². The van der Waals surface area contributed by atoms with Crippen LogP contribution in [0.1, 0.15) is 11.1 Å². The molecule has 0 aliphatic heterocycles. The van der Waals surface area contributed by atoms with E-state index in [9.17, 15) is 20.0 Å². The Morgan fingerprint density at radius 3 is 2.84 bits per heavy atom. The summed E-state index contributed by atoms with van der Waals surface area (Å²) in [4.78, 5) is 22.1. The lowest BCUT2D eigenvalue weighted by molar-refractivity contribution is -0.385. The van der Waals surface area contributed by atoms with Gasteiger partial charge in [-0.1, -0.05) is 6.07 Å². The second-order valence-electron chi connectivity index (χ2n) is 5.02. The molecular weight excluding hydrogens is 441 g/mol. The van der Waals surface area contributed by atoms with Crippen LogP contribution in [0.5, 0.6) is 11.5 Å². The van der Waals surface area contributed by atoms with Crippen LogP contribution in [0.3, 0.4) is 0 Å². The molecule has 0 spiro atoms. The fourth-order valence-electron chi connectivity index (χ4n) is 1.85. The van der Waals surface area contributed by atoms with Crippen molar-refractivity contribution in [1.29, 1.82) is 0 Å². The lowest BCUT2D eigenvalue weighted by atomic mass is 10.2. The topological polar surface area (TPSA) is 114 Å². The summed E-state index contributed by atoms with van der Waals surface area (Å²) in [6, 6.07) is 9.33. The van der Waals surface area contributed by atoms with Crippen molar-refractivity contribution in [1.82, 2.24) is 5.43 Å². The van der Waals surface area contributed by atoms with Crippen LogP contribution in [0, 0.1) is 20.6 Å². The molecule has 0 radical (unpaired) electrons. The third kappa shape index (κ3) is 5.41. The highest BCUT2D eigenvalue weighted by molar-refractivity contribution is 14.1. The largest absolute Gasteiger partial charge is 0.507 e. The summed E-state index contributed by atoms with van der Waals surface area (Å²) in [6.45, 7) is 1.32. The van der Waals surface area contributed by atoms with E-state index in [2.05, 4.69) is 10.5 Å². The predicted octanol–water partition coefficient (Wildman–Crippen LogP) is 2.74. The molecule has 2 aromatic rings. The number of aryl methyl sites for hydroxylation is 1. The second-order valence-corrected chi connectivity index (χ2v) is 6.18. The minimum Gasteiger partial charge on any atom is -0.507 e. The number of nitro benzene ring substituents is 1. The van der Waals surface area contributed by atoms with Crippen LogP contribution < -0.4 is 10.2 Å². The average Bonchev–Trinajstić information content (AvgIpc) is 2.56. The number of carbonyl (C=O) groups excluding carboxylic acids is 1. The number of amides is 1. The molecule has 0 atom stereocenters. The van der Waals surface area contributed by atoms with Crippen molar-refractivity contribution in [2.24, 2.45) is 5.10 Å². The Morgan fingerprint density at radius 1 is 1.40 bits per heavy atom. The van der Waals surface area contributed by atoms with E-state index < -0.39 is 17.4 Å². The number of hydrogen-bond acceptors (Lipinski definition) is 6. The average molecular weight is 455 g/mol. The number of halogens is 1. The monoisotopic (exact) mass is 455 g/mol. The molecule has 2 rings (SSSR count). The molecule has 9 heteroatoms. The second kappa shape index (κ2) is 8.42. The van der Waals surface area contributed by atoms with Gasteiger partial charge in [0.1, 0.15) is 5.75 Å². The number of hydrogen-bond donors (Lipinski definition) is 2. The zero-order chi connectivity index (χ0) is 18.4. The van der Waals surface area contributed by atoms with Crippen molar-refractivity contribution in [3.8, 4) is 11.5 Å². The van der Waals surface area contributed by atoms with Gasteiger partial charge in [0.2, 0.25) is 0 Å². The molecule has 0 aromatic heterocycles. The first kappa shape index (κ1) is 18.6. The van der Waals surface area contributed by atoms with E-state index in [-0.39, 0.29) is 17.2 Å². The number of carbonyl (C=O) groups is 1. The molecule has 0 saturated carbocycles. The first-order valence-electron chi connectivity index (χ1n) is 7.05. The SMILES string of the molecule is Cc1ccc(OCC(=O)N/N=C/c2ccc(O)c(I)c2)c([N+](=O)[O-])c1. The van der Waals surface area contributed by atoms with Gasteiger partial charge in [-0.3, -0.25) is 14.9 Å². The number of rotatable bonds is 6. The van der Waals surface area contributed by atoms with E-state index in [4.69, 9.17) is 4.74 Å². The number of ether oxygens (including phenoxy) is 1. The molecule has 0 fully saturated rings. The highest BCUT2D eigenvalue weighted by Gasteiger charge is 2.16. The molecule has 2 aromatic carbocycles. The van der Waals surface area contributed by atoms with Crippen LogP contribution in [0.15, 0.2) is 41.5 Å².